The summed E-state index contributed by atoms with van der Waals surface area (Å²) in [5.41, 5.74) is 0.967. The normalized spacial score (nSPS) is 10.2. The number of carboxylic acids is 1. The second kappa shape index (κ2) is 5.99. The third-order valence-corrected chi connectivity index (χ3v) is 4.05. The molecule has 0 aliphatic rings. The first kappa shape index (κ1) is 13.8. The zero-order chi connectivity index (χ0) is 13.8. The molecule has 0 spiro atoms. The summed E-state index contributed by atoms with van der Waals surface area (Å²) in [6, 6.07) is 10.0. The van der Waals surface area contributed by atoms with Crippen LogP contribution in [0, 0.1) is 0 Å². The van der Waals surface area contributed by atoms with E-state index in [0.717, 1.165) is 9.35 Å². The highest BCUT2D eigenvalue weighted by molar-refractivity contribution is 9.11. The summed E-state index contributed by atoms with van der Waals surface area (Å²) >= 11 is 4.64. The van der Waals surface area contributed by atoms with E-state index in [1.807, 2.05) is 6.07 Å². The van der Waals surface area contributed by atoms with Gasteiger partial charge in [0.2, 0.25) is 0 Å². The number of aromatic carboxylic acids is 1. The van der Waals surface area contributed by atoms with E-state index in [9.17, 15) is 9.59 Å². The molecule has 0 unspecified atom stereocenters. The van der Waals surface area contributed by atoms with Gasteiger partial charge in [-0.3, -0.25) is 4.79 Å². The van der Waals surface area contributed by atoms with Crippen molar-refractivity contribution in [1.82, 2.24) is 5.32 Å². The Labute approximate surface area is 122 Å². The lowest BCUT2D eigenvalue weighted by Crippen LogP contribution is -2.21. The fraction of sp³-hybridized carbons (Fsp3) is 0.0769. The Bertz CT molecular complexity index is 624. The maximum absolute atomic E-state index is 11.8. The highest BCUT2D eigenvalue weighted by Crippen LogP contribution is 2.21. The van der Waals surface area contributed by atoms with Gasteiger partial charge in [-0.15, -0.1) is 11.3 Å². The highest BCUT2D eigenvalue weighted by atomic mass is 79.9. The lowest BCUT2D eigenvalue weighted by molar-refractivity contribution is 0.0696. The van der Waals surface area contributed by atoms with E-state index < -0.39 is 5.97 Å². The summed E-state index contributed by atoms with van der Waals surface area (Å²) in [5, 5.41) is 11.6. The van der Waals surface area contributed by atoms with Crippen LogP contribution < -0.4 is 5.32 Å². The Morgan fingerprint density at radius 2 is 2.05 bits per heavy atom. The van der Waals surface area contributed by atoms with Gasteiger partial charge in [-0.1, -0.05) is 12.1 Å². The minimum absolute atomic E-state index is 0.170. The summed E-state index contributed by atoms with van der Waals surface area (Å²) in [6.07, 6.45) is 0. The molecule has 0 aliphatic heterocycles. The molecule has 2 rings (SSSR count). The number of carbonyl (C=O) groups is 2. The second-order valence-electron chi connectivity index (χ2n) is 3.79. The summed E-state index contributed by atoms with van der Waals surface area (Å²) in [7, 11) is 0. The van der Waals surface area contributed by atoms with Crippen LogP contribution in [0.1, 0.15) is 25.6 Å². The van der Waals surface area contributed by atoms with Gasteiger partial charge in [0.1, 0.15) is 0 Å². The predicted octanol–water partition coefficient (Wildman–Crippen LogP) is 3.14. The van der Waals surface area contributed by atoms with E-state index in [-0.39, 0.29) is 11.5 Å². The monoisotopic (exact) mass is 339 g/mol. The van der Waals surface area contributed by atoms with Crippen molar-refractivity contribution in [2.75, 3.05) is 0 Å². The molecule has 0 saturated carbocycles. The molecule has 1 aromatic carbocycles. The van der Waals surface area contributed by atoms with Gasteiger partial charge in [-0.25, -0.2) is 4.79 Å². The van der Waals surface area contributed by atoms with Crippen LogP contribution in [0.2, 0.25) is 0 Å². The molecule has 6 heteroatoms. The molecule has 4 nitrogen and oxygen atoms in total. The summed E-state index contributed by atoms with van der Waals surface area (Å²) in [5.74, 6) is -1.15. The Morgan fingerprint density at radius 1 is 1.26 bits per heavy atom. The summed E-state index contributed by atoms with van der Waals surface area (Å²) < 4.78 is 0.894. The first-order valence-corrected chi connectivity index (χ1v) is 7.03. The van der Waals surface area contributed by atoms with Gasteiger partial charge in [0.25, 0.3) is 5.91 Å². The lowest BCUT2D eigenvalue weighted by atomic mass is 10.1. The molecular formula is C13H10BrNO3S. The van der Waals surface area contributed by atoms with Gasteiger partial charge in [-0.05, 0) is 45.8 Å². The molecule has 0 saturated heterocycles. The molecule has 1 amide bonds. The van der Waals surface area contributed by atoms with Crippen molar-refractivity contribution in [3.8, 4) is 0 Å². The molecule has 2 N–H and O–H groups in total. The zero-order valence-electron chi connectivity index (χ0n) is 9.72. The Balaban J connectivity index is 2.01. The Morgan fingerprint density at radius 3 is 2.68 bits per heavy atom. The number of benzene rings is 1. The lowest BCUT2D eigenvalue weighted by Gasteiger charge is -2.04. The second-order valence-corrected chi connectivity index (χ2v) is 6.25. The average Bonchev–Trinajstić information content (AvgIpc) is 2.83. The van der Waals surface area contributed by atoms with E-state index in [1.165, 1.54) is 17.4 Å². The maximum atomic E-state index is 11.8. The smallest absolute Gasteiger partial charge is 0.335 e. The molecule has 1 aromatic heterocycles. The molecule has 2 aromatic rings. The number of carbonyl (C=O) groups excluding carboxylic acids is 1. The largest absolute Gasteiger partial charge is 0.478 e. The van der Waals surface area contributed by atoms with Crippen LogP contribution in [0.3, 0.4) is 0 Å². The van der Waals surface area contributed by atoms with Gasteiger partial charge in [0, 0.05) is 6.54 Å². The van der Waals surface area contributed by atoms with Gasteiger partial charge in [0.15, 0.2) is 0 Å². The average molecular weight is 340 g/mol. The maximum Gasteiger partial charge on any atom is 0.335 e. The van der Waals surface area contributed by atoms with Crippen molar-refractivity contribution < 1.29 is 14.7 Å². The topological polar surface area (TPSA) is 66.4 Å². The van der Waals surface area contributed by atoms with Crippen LogP contribution in [0.25, 0.3) is 0 Å². The number of rotatable bonds is 4. The number of halogens is 1. The summed E-state index contributed by atoms with van der Waals surface area (Å²) in [4.78, 5) is 23.2. The van der Waals surface area contributed by atoms with Crippen molar-refractivity contribution >= 4 is 39.1 Å². The molecule has 0 radical (unpaired) electrons. The minimum atomic E-state index is -0.977. The Hall–Kier alpha value is -1.66. The highest BCUT2D eigenvalue weighted by Gasteiger charge is 2.08. The van der Waals surface area contributed by atoms with Crippen molar-refractivity contribution in [1.29, 1.82) is 0 Å². The van der Waals surface area contributed by atoms with E-state index in [4.69, 9.17) is 5.11 Å². The van der Waals surface area contributed by atoms with Crippen LogP contribution in [0.5, 0.6) is 0 Å². The first-order valence-electron chi connectivity index (χ1n) is 5.42. The molecule has 0 atom stereocenters. The fourth-order valence-corrected chi connectivity index (χ4v) is 2.82. The quantitative estimate of drug-likeness (QED) is 0.899. The molecular weight excluding hydrogens is 330 g/mol. The number of hydrogen-bond donors (Lipinski definition) is 2. The molecule has 98 valence electrons. The van der Waals surface area contributed by atoms with E-state index in [1.54, 1.807) is 24.3 Å². The number of amides is 1. The molecule has 1 heterocycles. The zero-order valence-corrected chi connectivity index (χ0v) is 12.1. The van der Waals surface area contributed by atoms with Crippen molar-refractivity contribution in [3.05, 3.63) is 56.2 Å². The van der Waals surface area contributed by atoms with Crippen molar-refractivity contribution in [2.45, 2.75) is 6.54 Å². The van der Waals surface area contributed by atoms with Gasteiger partial charge >= 0.3 is 5.97 Å². The third-order valence-electron chi connectivity index (χ3n) is 2.42. The standard InChI is InChI=1S/C13H10BrNO3S/c14-11-5-4-10(19-11)12(16)15-7-8-2-1-3-9(6-8)13(17)18/h1-6H,7H2,(H,15,16)(H,17,18). The van der Waals surface area contributed by atoms with Gasteiger partial charge in [-0.2, -0.15) is 0 Å². The van der Waals surface area contributed by atoms with Crippen molar-refractivity contribution in [2.24, 2.45) is 0 Å². The fourth-order valence-electron chi connectivity index (χ4n) is 1.52. The number of carboxylic acid groups (broad SMARTS) is 1. The van der Waals surface area contributed by atoms with E-state index in [0.29, 0.717) is 11.4 Å². The number of nitrogens with one attached hydrogen (secondary N) is 1. The number of hydrogen-bond acceptors (Lipinski definition) is 3. The van der Waals surface area contributed by atoms with Crippen LogP contribution in [-0.4, -0.2) is 17.0 Å². The van der Waals surface area contributed by atoms with Crippen LogP contribution in [0.4, 0.5) is 0 Å². The van der Waals surface area contributed by atoms with Gasteiger partial charge in [0.05, 0.1) is 14.2 Å². The first-order chi connectivity index (χ1) is 9.06. The van der Waals surface area contributed by atoms with Crippen LogP contribution in [-0.2, 0) is 6.54 Å². The number of thiophene rings is 1. The van der Waals surface area contributed by atoms with Gasteiger partial charge < -0.3 is 10.4 Å². The van der Waals surface area contributed by atoms with Crippen molar-refractivity contribution in [3.63, 3.8) is 0 Å². The third kappa shape index (κ3) is 3.65. The van der Waals surface area contributed by atoms with E-state index in [2.05, 4.69) is 21.2 Å². The van der Waals surface area contributed by atoms with Crippen LogP contribution >= 0.6 is 27.3 Å². The molecule has 0 bridgehead atoms. The van der Waals surface area contributed by atoms with E-state index >= 15 is 0 Å². The predicted molar refractivity (Wildman–Crippen MR) is 76.6 cm³/mol. The molecule has 0 fully saturated rings. The molecule has 19 heavy (non-hydrogen) atoms. The van der Waals surface area contributed by atoms with Crippen LogP contribution in [0.15, 0.2) is 40.2 Å². The SMILES string of the molecule is O=C(O)c1cccc(CNC(=O)c2ccc(Br)s2)c1. The Kier molecular flexibility index (Phi) is 4.34. The summed E-state index contributed by atoms with van der Waals surface area (Å²) in [6.45, 7) is 0.301. The molecule has 0 aliphatic carbocycles. The minimum Gasteiger partial charge on any atom is -0.478 e.